The average molecular weight is 576 g/mol. The Kier molecular flexibility index (Phi) is 7.13. The molecule has 13 nitrogen and oxygen atoms in total. The van der Waals surface area contributed by atoms with Gasteiger partial charge in [0, 0.05) is 0 Å². The van der Waals surface area contributed by atoms with Crippen molar-refractivity contribution in [2.24, 2.45) is 0 Å². The van der Waals surface area contributed by atoms with Crippen molar-refractivity contribution in [2.45, 2.75) is 48.2 Å². The number of anilines is 1. The molecule has 2 aromatic heterocycles. The minimum Gasteiger partial charge on any atom is -0.394 e. The molecule has 0 radical (unpaired) electrons. The van der Waals surface area contributed by atoms with E-state index < -0.39 is 51.4 Å². The van der Waals surface area contributed by atoms with Crippen LogP contribution < -0.4 is 5.73 Å². The first kappa shape index (κ1) is 27.1. The molecule has 1 aliphatic rings. The molecule has 2 aromatic carbocycles. The number of hydrogen-bond acceptors (Lipinski definition) is 12. The zero-order valence-electron chi connectivity index (χ0n) is 20.8. The third-order valence-corrected chi connectivity index (χ3v) is 8.87. The molecule has 1 saturated heterocycles. The fourth-order valence-electron chi connectivity index (χ4n) is 4.17. The van der Waals surface area contributed by atoms with Crippen molar-refractivity contribution in [2.75, 3.05) is 12.3 Å². The number of rotatable bonds is 8. The number of nitrogens with zero attached hydrogens (tertiary/aromatic N) is 4. The van der Waals surface area contributed by atoms with E-state index in [1.165, 1.54) is 41.5 Å². The van der Waals surface area contributed by atoms with Crippen LogP contribution in [0.4, 0.5) is 5.82 Å². The third-order valence-electron chi connectivity index (χ3n) is 6.22. The second kappa shape index (κ2) is 10.3. The van der Waals surface area contributed by atoms with Gasteiger partial charge in [0.2, 0.25) is 0 Å². The van der Waals surface area contributed by atoms with Crippen molar-refractivity contribution in [1.29, 1.82) is 0 Å². The fraction of sp³-hybridized carbons (Fsp3) is 0.292. The maximum absolute atomic E-state index is 13.3. The van der Waals surface area contributed by atoms with Crippen LogP contribution in [0.5, 0.6) is 0 Å². The van der Waals surface area contributed by atoms with Crippen LogP contribution in [0.25, 0.3) is 11.2 Å². The van der Waals surface area contributed by atoms with Gasteiger partial charge in [0.25, 0.3) is 20.2 Å². The van der Waals surface area contributed by atoms with E-state index in [-0.39, 0.29) is 26.8 Å². The van der Waals surface area contributed by atoms with Crippen LogP contribution in [0.2, 0.25) is 0 Å². The molecule has 0 unspecified atom stereocenters. The van der Waals surface area contributed by atoms with Crippen LogP contribution in [-0.4, -0.2) is 66.4 Å². The van der Waals surface area contributed by atoms with Crippen LogP contribution in [0, 0.1) is 13.8 Å². The highest BCUT2D eigenvalue weighted by atomic mass is 32.2. The zero-order chi connectivity index (χ0) is 27.9. The molecule has 3 N–H and O–H groups in total. The number of aryl methyl sites for hydroxylation is 2. The van der Waals surface area contributed by atoms with Gasteiger partial charge in [-0.25, -0.2) is 15.0 Å². The molecule has 1 fully saturated rings. The van der Waals surface area contributed by atoms with E-state index in [4.69, 9.17) is 18.8 Å². The van der Waals surface area contributed by atoms with Crippen LogP contribution in [0.15, 0.2) is 71.0 Å². The predicted molar refractivity (Wildman–Crippen MR) is 137 cm³/mol. The lowest BCUT2D eigenvalue weighted by molar-refractivity contribution is -0.0466. The van der Waals surface area contributed by atoms with Gasteiger partial charge >= 0.3 is 0 Å². The Balaban J connectivity index is 1.59. The van der Waals surface area contributed by atoms with E-state index in [1.54, 1.807) is 38.1 Å². The number of nitrogens with two attached hydrogens (primary N) is 1. The predicted octanol–water partition coefficient (Wildman–Crippen LogP) is 1.46. The molecule has 0 amide bonds. The number of hydrogen-bond donors (Lipinski definition) is 2. The number of aliphatic hydroxyl groups excluding tert-OH is 1. The number of ether oxygens (including phenoxy) is 1. The SMILES string of the molecule is Cc1ccc(S(=O)(=O)O[C@H]2[C@H](OS(=O)(=O)c3ccc(C)cc3)[C@@H](CO)O[C@H]2n2cnc3c(N)ncnc32)cc1. The Bertz CT molecular complexity index is 1710. The lowest BCUT2D eigenvalue weighted by atomic mass is 10.1. The molecule has 3 heterocycles. The van der Waals surface area contributed by atoms with Gasteiger partial charge in [-0.3, -0.25) is 12.9 Å². The number of imidazole rings is 1. The molecule has 5 rings (SSSR count). The Morgan fingerprint density at radius 2 is 1.41 bits per heavy atom. The Morgan fingerprint density at radius 1 is 0.872 bits per heavy atom. The van der Waals surface area contributed by atoms with Crippen LogP contribution in [0.1, 0.15) is 17.4 Å². The van der Waals surface area contributed by atoms with Gasteiger partial charge in [0.05, 0.1) is 22.7 Å². The topological polar surface area (TPSA) is 186 Å². The van der Waals surface area contributed by atoms with Gasteiger partial charge in [0.15, 0.2) is 23.8 Å². The normalized spacial score (nSPS) is 21.9. The fourth-order valence-corrected chi connectivity index (χ4v) is 6.35. The molecule has 0 spiro atoms. The van der Waals surface area contributed by atoms with E-state index in [0.29, 0.717) is 0 Å². The van der Waals surface area contributed by atoms with E-state index >= 15 is 0 Å². The summed E-state index contributed by atoms with van der Waals surface area (Å²) in [4.78, 5) is 11.9. The number of aliphatic hydroxyl groups is 1. The summed E-state index contributed by atoms with van der Waals surface area (Å²) < 4.78 is 71.4. The quantitative estimate of drug-likeness (QED) is 0.289. The Labute approximate surface area is 224 Å². The Hall–Kier alpha value is -3.47. The van der Waals surface area contributed by atoms with E-state index in [9.17, 15) is 21.9 Å². The highest BCUT2D eigenvalue weighted by molar-refractivity contribution is 7.87. The van der Waals surface area contributed by atoms with Gasteiger partial charge < -0.3 is 15.6 Å². The van der Waals surface area contributed by atoms with E-state index in [1.807, 2.05) is 0 Å². The first-order valence-corrected chi connectivity index (χ1v) is 14.5. The van der Waals surface area contributed by atoms with E-state index in [0.717, 1.165) is 11.1 Å². The van der Waals surface area contributed by atoms with Gasteiger partial charge in [-0.05, 0) is 38.1 Å². The van der Waals surface area contributed by atoms with Crippen molar-refractivity contribution in [1.82, 2.24) is 19.5 Å². The Morgan fingerprint density at radius 3 is 1.95 bits per heavy atom. The highest BCUT2D eigenvalue weighted by Gasteiger charge is 2.52. The standard InChI is InChI=1S/C24H25N5O8S2/c1-14-3-7-16(8-4-14)38(31,32)36-20-18(11-30)35-24(29-13-28-19-22(25)26-12-27-23(19)29)21(20)37-39(33,34)17-9-5-15(2)6-10-17/h3-10,12-13,18,20-21,24,30H,11H2,1-2H3,(H2,25,26,27)/t18-,20-,21+,24-/m1/s1. The number of benzene rings is 2. The molecule has 0 aliphatic carbocycles. The highest BCUT2D eigenvalue weighted by Crippen LogP contribution is 2.38. The molecule has 1 aliphatic heterocycles. The summed E-state index contributed by atoms with van der Waals surface area (Å²) in [5, 5.41) is 10.1. The molecular weight excluding hydrogens is 550 g/mol. The molecule has 4 aromatic rings. The molecule has 39 heavy (non-hydrogen) atoms. The van der Waals surface area contributed by atoms with Crippen LogP contribution in [-0.2, 0) is 33.3 Å². The van der Waals surface area contributed by atoms with Crippen molar-refractivity contribution >= 4 is 37.2 Å². The molecule has 15 heteroatoms. The summed E-state index contributed by atoms with van der Waals surface area (Å²) >= 11 is 0. The number of aromatic nitrogens is 4. The molecule has 0 saturated carbocycles. The summed E-state index contributed by atoms with van der Waals surface area (Å²) in [6.07, 6.45) is -3.35. The first-order valence-electron chi connectivity index (χ1n) is 11.7. The second-order valence-corrected chi connectivity index (χ2v) is 12.1. The smallest absolute Gasteiger partial charge is 0.297 e. The summed E-state index contributed by atoms with van der Waals surface area (Å²) in [6, 6.07) is 11.8. The molecular formula is C24H25N5O8S2. The maximum Gasteiger partial charge on any atom is 0.297 e. The summed E-state index contributed by atoms with van der Waals surface area (Å²) in [6.45, 7) is 2.88. The third kappa shape index (κ3) is 5.24. The molecule has 4 atom stereocenters. The number of nitrogen functional groups attached to an aromatic ring is 1. The molecule has 206 valence electrons. The van der Waals surface area contributed by atoms with Crippen molar-refractivity contribution in [3.8, 4) is 0 Å². The largest absolute Gasteiger partial charge is 0.394 e. The van der Waals surface area contributed by atoms with Crippen molar-refractivity contribution in [3.63, 3.8) is 0 Å². The lowest BCUT2D eigenvalue weighted by Gasteiger charge is -2.24. The zero-order valence-corrected chi connectivity index (χ0v) is 22.4. The van der Waals surface area contributed by atoms with Crippen molar-refractivity contribution in [3.05, 3.63) is 72.3 Å². The minimum atomic E-state index is -4.46. The summed E-state index contributed by atoms with van der Waals surface area (Å²) in [5.41, 5.74) is 7.92. The lowest BCUT2D eigenvalue weighted by Crippen LogP contribution is -2.40. The minimum absolute atomic E-state index is 0.0648. The monoisotopic (exact) mass is 575 g/mol. The molecule has 0 bridgehead atoms. The van der Waals surface area contributed by atoms with Gasteiger partial charge in [0.1, 0.15) is 24.1 Å². The summed E-state index contributed by atoms with van der Waals surface area (Å²) in [7, 11) is -8.90. The maximum atomic E-state index is 13.3. The average Bonchev–Trinajstić information content (AvgIpc) is 3.46. The van der Waals surface area contributed by atoms with Crippen molar-refractivity contribution < 1.29 is 35.0 Å². The second-order valence-electron chi connectivity index (χ2n) is 8.99. The van der Waals surface area contributed by atoms with E-state index in [2.05, 4.69) is 15.0 Å². The number of fused-ring (bicyclic) bond motifs is 1. The van der Waals surface area contributed by atoms with Crippen LogP contribution >= 0.6 is 0 Å². The summed E-state index contributed by atoms with van der Waals surface area (Å²) in [5.74, 6) is 0.0648. The van der Waals surface area contributed by atoms with Gasteiger partial charge in [-0.15, -0.1) is 0 Å². The van der Waals surface area contributed by atoms with Gasteiger partial charge in [-0.1, -0.05) is 35.4 Å². The van der Waals surface area contributed by atoms with Gasteiger partial charge in [-0.2, -0.15) is 16.8 Å². The first-order chi connectivity index (χ1) is 18.5. The van der Waals surface area contributed by atoms with Crippen LogP contribution in [0.3, 0.4) is 0 Å².